The van der Waals surface area contributed by atoms with Crippen LogP contribution in [0, 0.1) is 0 Å². The summed E-state index contributed by atoms with van der Waals surface area (Å²) in [5.41, 5.74) is 3.04. The number of aromatic nitrogens is 4. The van der Waals surface area contributed by atoms with Crippen molar-refractivity contribution in [2.45, 2.75) is 26.6 Å². The third-order valence-corrected chi connectivity index (χ3v) is 5.11. The van der Waals surface area contributed by atoms with E-state index in [0.717, 1.165) is 61.8 Å². The summed E-state index contributed by atoms with van der Waals surface area (Å²) in [7, 11) is 0. The van der Waals surface area contributed by atoms with Crippen LogP contribution in [0.5, 0.6) is 0 Å². The van der Waals surface area contributed by atoms with Gasteiger partial charge in [-0.25, -0.2) is 14.8 Å². The lowest BCUT2D eigenvalue weighted by atomic mass is 10.2. The number of nitrogens with zero attached hydrogens (tertiary/aromatic N) is 5. The minimum Gasteiger partial charge on any atom is -0.478 e. The Bertz CT molecular complexity index is 954. The van der Waals surface area contributed by atoms with Crippen molar-refractivity contribution >= 4 is 17.0 Å². The van der Waals surface area contributed by atoms with Gasteiger partial charge in [0.05, 0.1) is 41.7 Å². The number of hydrogen-bond donors (Lipinski definition) is 2. The fourth-order valence-corrected chi connectivity index (χ4v) is 3.60. The van der Waals surface area contributed by atoms with Crippen LogP contribution in [-0.4, -0.2) is 61.3 Å². The van der Waals surface area contributed by atoms with Crippen molar-refractivity contribution in [1.82, 2.24) is 29.3 Å². The fourth-order valence-electron chi connectivity index (χ4n) is 3.60. The topological polar surface area (TPSA) is 88.2 Å². The molecule has 1 saturated heterocycles. The van der Waals surface area contributed by atoms with Gasteiger partial charge in [-0.2, -0.15) is 0 Å². The van der Waals surface area contributed by atoms with Crippen molar-refractivity contribution in [3.63, 3.8) is 0 Å². The molecule has 142 valence electrons. The van der Waals surface area contributed by atoms with Crippen molar-refractivity contribution < 1.29 is 9.90 Å². The first-order valence-corrected chi connectivity index (χ1v) is 9.30. The number of nitrogens with one attached hydrogen (secondary N) is 1. The molecule has 1 fully saturated rings. The molecule has 1 aliphatic rings. The first-order valence-electron chi connectivity index (χ1n) is 9.30. The molecule has 0 spiro atoms. The van der Waals surface area contributed by atoms with Crippen LogP contribution in [0.4, 0.5) is 0 Å². The van der Waals surface area contributed by atoms with Crippen LogP contribution in [0.1, 0.15) is 28.8 Å². The zero-order chi connectivity index (χ0) is 18.8. The summed E-state index contributed by atoms with van der Waals surface area (Å²) >= 11 is 0. The quantitative estimate of drug-likeness (QED) is 0.684. The highest BCUT2D eigenvalue weighted by molar-refractivity contribution is 5.92. The van der Waals surface area contributed by atoms with E-state index in [0.29, 0.717) is 6.54 Å². The Morgan fingerprint density at radius 3 is 2.81 bits per heavy atom. The Morgan fingerprint density at radius 1 is 1.26 bits per heavy atom. The van der Waals surface area contributed by atoms with Gasteiger partial charge < -0.3 is 19.6 Å². The minimum atomic E-state index is -0.924. The van der Waals surface area contributed by atoms with Gasteiger partial charge in [-0.05, 0) is 25.1 Å². The summed E-state index contributed by atoms with van der Waals surface area (Å²) in [5, 5.41) is 12.8. The van der Waals surface area contributed by atoms with Gasteiger partial charge in [-0.15, -0.1) is 0 Å². The standard InChI is InChI=1S/C19H24N6O2/c1-2-24-13-21-10-15(24)11-25-17-9-14(19(26)27)3-4-16(17)22-18(25)12-23-7-5-20-6-8-23/h3-4,9-10,13,20H,2,5-8,11-12H2,1H3,(H,26,27). The Kier molecular flexibility index (Phi) is 4.91. The lowest BCUT2D eigenvalue weighted by molar-refractivity contribution is 0.0697. The number of carboxylic acids is 1. The van der Waals surface area contributed by atoms with Gasteiger partial charge in [-0.1, -0.05) is 0 Å². The number of fused-ring (bicyclic) bond motifs is 1. The molecule has 0 bridgehead atoms. The number of piperazine rings is 1. The molecule has 0 saturated carbocycles. The molecule has 3 heterocycles. The third-order valence-electron chi connectivity index (χ3n) is 5.11. The number of rotatable bonds is 6. The molecule has 0 atom stereocenters. The maximum absolute atomic E-state index is 11.4. The SMILES string of the molecule is CCn1cncc1Cn1c(CN2CCNCC2)nc2ccc(C(=O)O)cc21. The molecule has 0 amide bonds. The van der Waals surface area contributed by atoms with Crippen LogP contribution >= 0.6 is 0 Å². The average molecular weight is 368 g/mol. The summed E-state index contributed by atoms with van der Waals surface area (Å²) in [5.74, 6) is 0.0326. The van der Waals surface area contributed by atoms with Gasteiger partial charge >= 0.3 is 5.97 Å². The summed E-state index contributed by atoms with van der Waals surface area (Å²) in [6, 6.07) is 5.14. The number of benzene rings is 1. The molecule has 0 radical (unpaired) electrons. The normalized spacial score (nSPS) is 15.4. The van der Waals surface area contributed by atoms with Crippen LogP contribution in [0.3, 0.4) is 0 Å². The Balaban J connectivity index is 1.76. The molecule has 8 nitrogen and oxygen atoms in total. The zero-order valence-corrected chi connectivity index (χ0v) is 15.4. The lowest BCUT2D eigenvalue weighted by Gasteiger charge is -2.27. The number of aryl methyl sites for hydroxylation is 1. The molecular formula is C19H24N6O2. The third kappa shape index (κ3) is 3.58. The van der Waals surface area contributed by atoms with Gasteiger partial charge in [-0.3, -0.25) is 4.90 Å². The summed E-state index contributed by atoms with van der Waals surface area (Å²) < 4.78 is 4.23. The number of aromatic carboxylic acids is 1. The van der Waals surface area contributed by atoms with E-state index in [9.17, 15) is 9.90 Å². The van der Waals surface area contributed by atoms with Crippen LogP contribution in [0.15, 0.2) is 30.7 Å². The molecule has 0 aliphatic carbocycles. The van der Waals surface area contributed by atoms with Crippen molar-refractivity contribution in [1.29, 1.82) is 0 Å². The number of imidazole rings is 2. The number of hydrogen-bond acceptors (Lipinski definition) is 5. The Hall–Kier alpha value is -2.71. The number of carbonyl (C=O) groups is 1. The van der Waals surface area contributed by atoms with Crippen LogP contribution < -0.4 is 5.32 Å². The monoisotopic (exact) mass is 368 g/mol. The molecule has 3 aromatic rings. The van der Waals surface area contributed by atoms with E-state index < -0.39 is 5.97 Å². The van der Waals surface area contributed by atoms with Crippen molar-refractivity contribution in [2.24, 2.45) is 0 Å². The maximum Gasteiger partial charge on any atom is 0.335 e. The van der Waals surface area contributed by atoms with Crippen LogP contribution in [0.2, 0.25) is 0 Å². The molecule has 1 aromatic carbocycles. The first kappa shape index (κ1) is 17.7. The molecule has 8 heteroatoms. The molecule has 2 aromatic heterocycles. The summed E-state index contributed by atoms with van der Waals surface area (Å²) in [6.45, 7) is 8.22. The van der Waals surface area contributed by atoms with E-state index in [1.165, 1.54) is 0 Å². The predicted molar refractivity (Wildman–Crippen MR) is 102 cm³/mol. The van der Waals surface area contributed by atoms with Gasteiger partial charge in [0, 0.05) is 38.9 Å². The first-order chi connectivity index (χ1) is 13.2. The molecule has 2 N–H and O–H groups in total. The van der Waals surface area contributed by atoms with Gasteiger partial charge in [0.2, 0.25) is 0 Å². The summed E-state index contributed by atoms with van der Waals surface area (Å²) in [4.78, 5) is 22.9. The molecule has 4 rings (SSSR count). The van der Waals surface area contributed by atoms with Crippen molar-refractivity contribution in [2.75, 3.05) is 26.2 Å². The maximum atomic E-state index is 11.4. The number of carboxylic acid groups (broad SMARTS) is 1. The average Bonchev–Trinajstić information content (AvgIpc) is 3.27. The predicted octanol–water partition coefficient (Wildman–Crippen LogP) is 1.40. The van der Waals surface area contributed by atoms with E-state index in [1.807, 2.05) is 12.5 Å². The second-order valence-electron chi connectivity index (χ2n) is 6.82. The summed E-state index contributed by atoms with van der Waals surface area (Å²) in [6.07, 6.45) is 3.69. The van der Waals surface area contributed by atoms with E-state index in [-0.39, 0.29) is 5.56 Å². The minimum absolute atomic E-state index is 0.279. The highest BCUT2D eigenvalue weighted by Gasteiger charge is 2.18. The highest BCUT2D eigenvalue weighted by atomic mass is 16.4. The highest BCUT2D eigenvalue weighted by Crippen LogP contribution is 2.21. The second-order valence-corrected chi connectivity index (χ2v) is 6.82. The molecular weight excluding hydrogens is 344 g/mol. The fraction of sp³-hybridized carbons (Fsp3) is 0.421. The zero-order valence-electron chi connectivity index (χ0n) is 15.4. The van der Waals surface area contributed by atoms with Gasteiger partial charge in [0.25, 0.3) is 0 Å². The van der Waals surface area contributed by atoms with Gasteiger partial charge in [0.15, 0.2) is 0 Å². The van der Waals surface area contributed by atoms with Crippen LogP contribution in [-0.2, 0) is 19.6 Å². The largest absolute Gasteiger partial charge is 0.478 e. The van der Waals surface area contributed by atoms with E-state index in [2.05, 4.69) is 31.3 Å². The Labute approximate surface area is 157 Å². The van der Waals surface area contributed by atoms with E-state index >= 15 is 0 Å². The second kappa shape index (κ2) is 7.50. The van der Waals surface area contributed by atoms with Crippen molar-refractivity contribution in [3.8, 4) is 0 Å². The van der Waals surface area contributed by atoms with Crippen LogP contribution in [0.25, 0.3) is 11.0 Å². The molecule has 27 heavy (non-hydrogen) atoms. The van der Waals surface area contributed by atoms with E-state index in [1.54, 1.807) is 18.2 Å². The Morgan fingerprint density at radius 2 is 2.07 bits per heavy atom. The lowest BCUT2D eigenvalue weighted by Crippen LogP contribution is -2.43. The smallest absolute Gasteiger partial charge is 0.335 e. The van der Waals surface area contributed by atoms with Crippen molar-refractivity contribution in [3.05, 3.63) is 47.8 Å². The van der Waals surface area contributed by atoms with Gasteiger partial charge in [0.1, 0.15) is 5.82 Å². The van der Waals surface area contributed by atoms with E-state index in [4.69, 9.17) is 4.98 Å². The molecule has 0 unspecified atom stereocenters. The molecule has 1 aliphatic heterocycles.